The Kier molecular flexibility index (Phi) is 5.22. The molecule has 0 spiro atoms. The first-order chi connectivity index (χ1) is 13.2. The molecule has 27 heavy (non-hydrogen) atoms. The van der Waals surface area contributed by atoms with E-state index in [2.05, 4.69) is 86.0 Å². The molecule has 0 aliphatic carbocycles. The molecule has 0 fully saturated rings. The summed E-state index contributed by atoms with van der Waals surface area (Å²) in [6.45, 7) is 7.54. The molecule has 2 nitrogen and oxygen atoms in total. The van der Waals surface area contributed by atoms with E-state index in [9.17, 15) is 0 Å². The number of benzene rings is 3. The van der Waals surface area contributed by atoms with E-state index in [1.165, 1.54) is 33.2 Å². The number of imidazole rings is 1. The largest absolute Gasteiger partial charge is 0.323 e. The van der Waals surface area contributed by atoms with Crippen molar-refractivity contribution in [2.24, 2.45) is 0 Å². The van der Waals surface area contributed by atoms with Crippen molar-refractivity contribution in [3.8, 4) is 0 Å². The summed E-state index contributed by atoms with van der Waals surface area (Å²) >= 11 is 1.93. The van der Waals surface area contributed by atoms with E-state index in [0.717, 1.165) is 23.6 Å². The summed E-state index contributed by atoms with van der Waals surface area (Å²) in [5.41, 5.74) is 3.66. The highest BCUT2D eigenvalue weighted by atomic mass is 32.2. The lowest BCUT2D eigenvalue weighted by Crippen LogP contribution is -2.06. The second-order valence-corrected chi connectivity index (χ2v) is 8.56. The van der Waals surface area contributed by atoms with E-state index in [-0.39, 0.29) is 0 Å². The number of aromatic nitrogens is 2. The normalized spacial score (nSPS) is 11.7. The van der Waals surface area contributed by atoms with Gasteiger partial charge in [0.25, 0.3) is 0 Å². The SMILES string of the molecule is CCCSc1ccc2nc(C(C)C)n(Cc3ccc4ccccc4c3)c2c1. The van der Waals surface area contributed by atoms with Gasteiger partial charge in [0, 0.05) is 17.4 Å². The van der Waals surface area contributed by atoms with Crippen LogP contribution in [0.5, 0.6) is 0 Å². The number of fused-ring (bicyclic) bond motifs is 2. The molecule has 0 radical (unpaired) electrons. The molecular weight excluding hydrogens is 348 g/mol. The van der Waals surface area contributed by atoms with E-state index in [4.69, 9.17) is 4.98 Å². The molecule has 0 aliphatic rings. The van der Waals surface area contributed by atoms with Gasteiger partial charge in [-0.1, -0.05) is 57.2 Å². The molecule has 0 bridgehead atoms. The zero-order chi connectivity index (χ0) is 18.8. The van der Waals surface area contributed by atoms with Crippen LogP contribution in [0.1, 0.15) is 44.5 Å². The Bertz CT molecular complexity index is 1080. The maximum absolute atomic E-state index is 4.95. The van der Waals surface area contributed by atoms with Crippen LogP contribution in [-0.4, -0.2) is 15.3 Å². The summed E-state index contributed by atoms with van der Waals surface area (Å²) in [6.07, 6.45) is 1.19. The van der Waals surface area contributed by atoms with Crippen LogP contribution in [0.2, 0.25) is 0 Å². The Hall–Kier alpha value is -2.26. The molecule has 0 aliphatic heterocycles. The molecule has 3 heteroatoms. The van der Waals surface area contributed by atoms with Crippen molar-refractivity contribution in [3.63, 3.8) is 0 Å². The minimum absolute atomic E-state index is 0.393. The van der Waals surface area contributed by atoms with Crippen LogP contribution >= 0.6 is 11.8 Å². The minimum atomic E-state index is 0.393. The predicted molar refractivity (Wildman–Crippen MR) is 118 cm³/mol. The molecule has 1 heterocycles. The molecule has 138 valence electrons. The van der Waals surface area contributed by atoms with Crippen molar-refractivity contribution in [1.82, 2.24) is 9.55 Å². The quantitative estimate of drug-likeness (QED) is 0.343. The van der Waals surface area contributed by atoms with E-state index in [1.807, 2.05) is 11.8 Å². The molecule has 0 saturated carbocycles. The van der Waals surface area contributed by atoms with Crippen LogP contribution in [0, 0.1) is 0 Å². The van der Waals surface area contributed by atoms with Crippen LogP contribution < -0.4 is 0 Å². The number of rotatable bonds is 6. The third kappa shape index (κ3) is 3.74. The monoisotopic (exact) mass is 374 g/mol. The van der Waals surface area contributed by atoms with Crippen LogP contribution in [0.25, 0.3) is 21.8 Å². The highest BCUT2D eigenvalue weighted by Crippen LogP contribution is 2.28. The van der Waals surface area contributed by atoms with E-state index in [0.29, 0.717) is 5.92 Å². The summed E-state index contributed by atoms with van der Waals surface area (Å²) in [6, 6.07) is 22.0. The smallest absolute Gasteiger partial charge is 0.112 e. The average molecular weight is 375 g/mol. The molecule has 0 N–H and O–H groups in total. The number of hydrogen-bond acceptors (Lipinski definition) is 2. The van der Waals surface area contributed by atoms with Gasteiger partial charge in [0.05, 0.1) is 11.0 Å². The molecule has 0 atom stereocenters. The van der Waals surface area contributed by atoms with Crippen molar-refractivity contribution < 1.29 is 0 Å². The van der Waals surface area contributed by atoms with Gasteiger partial charge in [-0.05, 0) is 52.8 Å². The van der Waals surface area contributed by atoms with Crippen molar-refractivity contribution in [3.05, 3.63) is 72.1 Å². The lowest BCUT2D eigenvalue weighted by molar-refractivity contribution is 0.683. The Morgan fingerprint density at radius 2 is 1.78 bits per heavy atom. The summed E-state index contributed by atoms with van der Waals surface area (Å²) in [5.74, 6) is 2.71. The maximum Gasteiger partial charge on any atom is 0.112 e. The van der Waals surface area contributed by atoms with Crippen molar-refractivity contribution in [1.29, 1.82) is 0 Å². The fourth-order valence-corrected chi connectivity index (χ4v) is 4.36. The molecule has 0 amide bonds. The summed E-state index contributed by atoms with van der Waals surface area (Å²) < 4.78 is 2.40. The van der Waals surface area contributed by atoms with Crippen LogP contribution in [-0.2, 0) is 6.54 Å². The molecule has 0 saturated heterocycles. The first-order valence-electron chi connectivity index (χ1n) is 9.76. The van der Waals surface area contributed by atoms with Crippen molar-refractivity contribution >= 4 is 33.6 Å². The van der Waals surface area contributed by atoms with Gasteiger partial charge >= 0.3 is 0 Å². The molecule has 4 rings (SSSR count). The van der Waals surface area contributed by atoms with E-state index in [1.54, 1.807) is 0 Å². The lowest BCUT2D eigenvalue weighted by Gasteiger charge is -2.13. The van der Waals surface area contributed by atoms with Gasteiger partial charge < -0.3 is 4.57 Å². The Balaban J connectivity index is 1.78. The van der Waals surface area contributed by atoms with E-state index >= 15 is 0 Å². The highest BCUT2D eigenvalue weighted by molar-refractivity contribution is 7.99. The number of nitrogens with zero attached hydrogens (tertiary/aromatic N) is 2. The minimum Gasteiger partial charge on any atom is -0.323 e. The molecular formula is C24H26N2S. The molecule has 1 aromatic heterocycles. The van der Waals surface area contributed by atoms with Gasteiger partial charge in [-0.2, -0.15) is 0 Å². The van der Waals surface area contributed by atoms with Crippen molar-refractivity contribution in [2.75, 3.05) is 5.75 Å². The number of hydrogen-bond donors (Lipinski definition) is 0. The zero-order valence-corrected chi connectivity index (χ0v) is 17.1. The lowest BCUT2D eigenvalue weighted by atomic mass is 10.1. The van der Waals surface area contributed by atoms with Crippen LogP contribution in [0.15, 0.2) is 65.6 Å². The average Bonchev–Trinajstić information content (AvgIpc) is 3.04. The topological polar surface area (TPSA) is 17.8 Å². The second kappa shape index (κ2) is 7.77. The van der Waals surface area contributed by atoms with Gasteiger partial charge in [0.1, 0.15) is 5.82 Å². The highest BCUT2D eigenvalue weighted by Gasteiger charge is 2.15. The summed E-state index contributed by atoms with van der Waals surface area (Å²) in [5, 5.41) is 2.59. The van der Waals surface area contributed by atoms with Crippen LogP contribution in [0.4, 0.5) is 0 Å². The standard InChI is InChI=1S/C24H26N2S/c1-4-13-27-21-11-12-22-23(15-21)26(24(25-22)17(2)3)16-18-9-10-19-7-5-6-8-20(19)14-18/h5-12,14-15,17H,4,13,16H2,1-3H3. The maximum atomic E-state index is 4.95. The fraction of sp³-hybridized carbons (Fsp3) is 0.292. The van der Waals surface area contributed by atoms with Gasteiger partial charge in [0.15, 0.2) is 0 Å². The molecule has 3 aromatic carbocycles. The Morgan fingerprint density at radius 1 is 0.963 bits per heavy atom. The first kappa shape index (κ1) is 18.1. The molecule has 0 unspecified atom stereocenters. The summed E-state index contributed by atoms with van der Waals surface area (Å²) in [4.78, 5) is 6.28. The van der Waals surface area contributed by atoms with Gasteiger partial charge in [-0.25, -0.2) is 4.98 Å². The van der Waals surface area contributed by atoms with Gasteiger partial charge in [-0.3, -0.25) is 0 Å². The van der Waals surface area contributed by atoms with Crippen molar-refractivity contribution in [2.45, 2.75) is 44.6 Å². The van der Waals surface area contributed by atoms with Gasteiger partial charge in [-0.15, -0.1) is 11.8 Å². The molecule has 4 aromatic rings. The Labute approximate surface area is 165 Å². The third-order valence-electron chi connectivity index (χ3n) is 4.89. The second-order valence-electron chi connectivity index (χ2n) is 7.39. The predicted octanol–water partition coefficient (Wildman–Crippen LogP) is 6.86. The van der Waals surface area contributed by atoms with Crippen LogP contribution in [0.3, 0.4) is 0 Å². The summed E-state index contributed by atoms with van der Waals surface area (Å²) in [7, 11) is 0. The number of thioether (sulfide) groups is 1. The van der Waals surface area contributed by atoms with Gasteiger partial charge in [0.2, 0.25) is 0 Å². The Morgan fingerprint density at radius 3 is 2.56 bits per heavy atom. The van der Waals surface area contributed by atoms with E-state index < -0.39 is 0 Å². The fourth-order valence-electron chi connectivity index (χ4n) is 3.56. The zero-order valence-electron chi connectivity index (χ0n) is 16.3. The first-order valence-corrected chi connectivity index (χ1v) is 10.7. The third-order valence-corrected chi connectivity index (χ3v) is 6.09.